The minimum absolute atomic E-state index is 0.0852. The smallest absolute Gasteiger partial charge is 0.328 e. The minimum Gasteiger partial charge on any atom is -0.493 e. The topological polar surface area (TPSA) is 103 Å². The SMILES string of the molecule is COC(=O)C(C(C)C)N1Cc2ccc(-c3ccc(NC(=O)c4cc(OC)c(OC)c(OC)c4)cc3)cc2C1=O. The molecule has 3 aromatic carbocycles. The molecule has 0 spiro atoms. The van der Waals surface area contributed by atoms with Crippen LogP contribution in [0.25, 0.3) is 11.1 Å². The normalized spacial score (nSPS) is 13.1. The first-order chi connectivity index (χ1) is 18.7. The maximum absolute atomic E-state index is 13.2. The second-order valence-electron chi connectivity index (χ2n) is 9.46. The summed E-state index contributed by atoms with van der Waals surface area (Å²) >= 11 is 0. The summed E-state index contributed by atoms with van der Waals surface area (Å²) in [6.45, 7) is 4.15. The minimum atomic E-state index is -0.646. The van der Waals surface area contributed by atoms with Gasteiger partial charge in [0.05, 0.1) is 28.4 Å². The van der Waals surface area contributed by atoms with E-state index in [0.29, 0.717) is 40.6 Å². The predicted octanol–water partition coefficient (Wildman–Crippen LogP) is 4.79. The fourth-order valence-electron chi connectivity index (χ4n) is 4.77. The van der Waals surface area contributed by atoms with Gasteiger partial charge in [0.2, 0.25) is 5.75 Å². The Morgan fingerprint density at radius 3 is 2.00 bits per heavy atom. The third-order valence-corrected chi connectivity index (χ3v) is 6.75. The lowest BCUT2D eigenvalue weighted by molar-refractivity contribution is -0.147. The van der Waals surface area contributed by atoms with E-state index >= 15 is 0 Å². The maximum Gasteiger partial charge on any atom is 0.328 e. The van der Waals surface area contributed by atoms with Crippen LogP contribution in [0, 0.1) is 5.92 Å². The number of amides is 2. The Kier molecular flexibility index (Phi) is 8.09. The van der Waals surface area contributed by atoms with Crippen molar-refractivity contribution in [1.82, 2.24) is 4.90 Å². The number of nitrogens with one attached hydrogen (secondary N) is 1. The summed E-state index contributed by atoms with van der Waals surface area (Å²) in [4.78, 5) is 40.1. The van der Waals surface area contributed by atoms with E-state index in [1.54, 1.807) is 29.2 Å². The van der Waals surface area contributed by atoms with Gasteiger partial charge in [-0.05, 0) is 52.9 Å². The Bertz CT molecular complexity index is 1370. The number of hydrogen-bond acceptors (Lipinski definition) is 7. The van der Waals surface area contributed by atoms with Crippen molar-refractivity contribution in [2.45, 2.75) is 26.4 Å². The Hall–Kier alpha value is -4.53. The number of ether oxygens (including phenoxy) is 4. The number of rotatable bonds is 9. The van der Waals surface area contributed by atoms with Crippen molar-refractivity contribution >= 4 is 23.5 Å². The fourth-order valence-corrected chi connectivity index (χ4v) is 4.77. The summed E-state index contributed by atoms with van der Waals surface area (Å²) in [5.74, 6) is 0.137. The van der Waals surface area contributed by atoms with Crippen molar-refractivity contribution < 1.29 is 33.3 Å². The summed E-state index contributed by atoms with van der Waals surface area (Å²) in [6.07, 6.45) is 0. The average Bonchev–Trinajstić information content (AvgIpc) is 3.27. The van der Waals surface area contributed by atoms with Crippen molar-refractivity contribution in [2.75, 3.05) is 33.8 Å². The van der Waals surface area contributed by atoms with Gasteiger partial charge in [0.15, 0.2) is 11.5 Å². The third-order valence-electron chi connectivity index (χ3n) is 6.75. The van der Waals surface area contributed by atoms with Crippen LogP contribution in [0.4, 0.5) is 5.69 Å². The van der Waals surface area contributed by atoms with E-state index in [1.807, 2.05) is 44.2 Å². The highest BCUT2D eigenvalue weighted by Crippen LogP contribution is 2.38. The molecule has 4 rings (SSSR count). The van der Waals surface area contributed by atoms with Crippen LogP contribution in [0.3, 0.4) is 0 Å². The van der Waals surface area contributed by atoms with E-state index in [0.717, 1.165) is 16.7 Å². The fraction of sp³-hybridized carbons (Fsp3) is 0.300. The molecule has 1 N–H and O–H groups in total. The number of hydrogen-bond donors (Lipinski definition) is 1. The highest BCUT2D eigenvalue weighted by atomic mass is 16.5. The van der Waals surface area contributed by atoms with Gasteiger partial charge < -0.3 is 29.2 Å². The van der Waals surface area contributed by atoms with E-state index in [4.69, 9.17) is 18.9 Å². The van der Waals surface area contributed by atoms with Crippen LogP contribution in [-0.2, 0) is 16.1 Å². The monoisotopic (exact) mass is 532 g/mol. The molecule has 0 aromatic heterocycles. The van der Waals surface area contributed by atoms with Crippen LogP contribution in [0.2, 0.25) is 0 Å². The second kappa shape index (κ2) is 11.5. The molecule has 9 nitrogen and oxygen atoms in total. The number of fused-ring (bicyclic) bond motifs is 1. The lowest BCUT2D eigenvalue weighted by Gasteiger charge is -2.28. The molecule has 0 fully saturated rings. The molecule has 9 heteroatoms. The number of esters is 1. The second-order valence-corrected chi connectivity index (χ2v) is 9.46. The van der Waals surface area contributed by atoms with Crippen molar-refractivity contribution in [3.8, 4) is 28.4 Å². The van der Waals surface area contributed by atoms with E-state index in [-0.39, 0.29) is 17.7 Å². The zero-order chi connectivity index (χ0) is 28.3. The Morgan fingerprint density at radius 1 is 0.846 bits per heavy atom. The van der Waals surface area contributed by atoms with E-state index < -0.39 is 12.0 Å². The van der Waals surface area contributed by atoms with Crippen molar-refractivity contribution in [1.29, 1.82) is 0 Å². The van der Waals surface area contributed by atoms with Crippen LogP contribution in [0.1, 0.15) is 40.1 Å². The van der Waals surface area contributed by atoms with Crippen molar-refractivity contribution in [3.63, 3.8) is 0 Å². The lowest BCUT2D eigenvalue weighted by atomic mass is 10.00. The van der Waals surface area contributed by atoms with Gasteiger partial charge in [-0.3, -0.25) is 9.59 Å². The largest absolute Gasteiger partial charge is 0.493 e. The van der Waals surface area contributed by atoms with Gasteiger partial charge in [-0.15, -0.1) is 0 Å². The summed E-state index contributed by atoms with van der Waals surface area (Å²) in [5, 5.41) is 2.88. The quantitative estimate of drug-likeness (QED) is 0.396. The van der Waals surface area contributed by atoms with E-state index in [2.05, 4.69) is 5.32 Å². The highest BCUT2D eigenvalue weighted by molar-refractivity contribution is 6.05. The van der Waals surface area contributed by atoms with Gasteiger partial charge >= 0.3 is 5.97 Å². The molecule has 3 aromatic rings. The molecule has 1 atom stereocenters. The Balaban J connectivity index is 1.52. The summed E-state index contributed by atoms with van der Waals surface area (Å²) in [7, 11) is 5.81. The molecule has 39 heavy (non-hydrogen) atoms. The number of carbonyl (C=O) groups is 3. The van der Waals surface area contributed by atoms with E-state index in [9.17, 15) is 14.4 Å². The number of nitrogens with zero attached hydrogens (tertiary/aromatic N) is 1. The summed E-state index contributed by atoms with van der Waals surface area (Å²) in [5.41, 5.74) is 4.11. The van der Waals surface area contributed by atoms with E-state index in [1.165, 1.54) is 28.4 Å². The molecule has 0 saturated carbocycles. The molecule has 1 aliphatic heterocycles. The maximum atomic E-state index is 13.2. The van der Waals surface area contributed by atoms with Crippen LogP contribution in [-0.4, -0.2) is 57.2 Å². The first-order valence-electron chi connectivity index (χ1n) is 12.5. The lowest BCUT2D eigenvalue weighted by Crippen LogP contribution is -2.45. The first kappa shape index (κ1) is 27.5. The van der Waals surface area contributed by atoms with Gasteiger partial charge in [0.1, 0.15) is 6.04 Å². The summed E-state index contributed by atoms with van der Waals surface area (Å²) in [6, 6.07) is 15.5. The molecular formula is C30H32N2O7. The van der Waals surface area contributed by atoms with Gasteiger partial charge in [-0.1, -0.05) is 38.1 Å². The molecule has 1 aliphatic rings. The van der Waals surface area contributed by atoms with Gasteiger partial charge in [-0.2, -0.15) is 0 Å². The molecule has 2 amide bonds. The molecule has 0 bridgehead atoms. The molecule has 0 saturated heterocycles. The average molecular weight is 533 g/mol. The first-order valence-corrected chi connectivity index (χ1v) is 12.5. The Labute approximate surface area is 227 Å². The standard InChI is InChI=1S/C30H32N2O7/c1-17(2)26(30(35)39-6)32-16-20-8-7-19(13-23(20)29(32)34)18-9-11-22(12-10-18)31-28(33)21-14-24(36-3)27(38-5)25(15-21)37-4/h7-15,17,26H,16H2,1-6H3,(H,31,33). The number of benzene rings is 3. The number of methoxy groups -OCH3 is 4. The van der Waals surface area contributed by atoms with Gasteiger partial charge in [-0.25, -0.2) is 4.79 Å². The molecule has 1 unspecified atom stereocenters. The summed E-state index contributed by atoms with van der Waals surface area (Å²) < 4.78 is 20.9. The van der Waals surface area contributed by atoms with Gasteiger partial charge in [0.25, 0.3) is 11.8 Å². The molecule has 0 radical (unpaired) electrons. The van der Waals surface area contributed by atoms with Crippen molar-refractivity contribution in [2.24, 2.45) is 5.92 Å². The highest BCUT2D eigenvalue weighted by Gasteiger charge is 2.38. The predicted molar refractivity (Wildman–Crippen MR) is 146 cm³/mol. The van der Waals surface area contributed by atoms with Crippen LogP contribution in [0.5, 0.6) is 17.2 Å². The number of carbonyl (C=O) groups excluding carboxylic acids is 3. The van der Waals surface area contributed by atoms with Gasteiger partial charge in [0, 0.05) is 23.4 Å². The number of anilines is 1. The van der Waals surface area contributed by atoms with Crippen LogP contribution >= 0.6 is 0 Å². The zero-order valence-corrected chi connectivity index (χ0v) is 22.9. The van der Waals surface area contributed by atoms with Crippen LogP contribution < -0.4 is 19.5 Å². The molecule has 204 valence electrons. The van der Waals surface area contributed by atoms with Crippen LogP contribution in [0.15, 0.2) is 54.6 Å². The molecule has 1 heterocycles. The molecular weight excluding hydrogens is 500 g/mol. The third kappa shape index (κ3) is 5.38. The zero-order valence-electron chi connectivity index (χ0n) is 22.9. The molecule has 0 aliphatic carbocycles. The Morgan fingerprint density at radius 2 is 1.46 bits per heavy atom. The van der Waals surface area contributed by atoms with Crippen molar-refractivity contribution in [3.05, 3.63) is 71.3 Å².